The molecule has 1 saturated carbocycles. The second-order valence-corrected chi connectivity index (χ2v) is 5.30. The minimum atomic E-state index is -0.301. The number of carbonyl (C=O) groups is 1. The monoisotopic (exact) mass is 249 g/mol. The van der Waals surface area contributed by atoms with E-state index in [1.165, 1.54) is 18.9 Å². The largest absolute Gasteiger partial charge is 0.353 e. The molecule has 2 rings (SSSR count). The summed E-state index contributed by atoms with van der Waals surface area (Å²) in [6.45, 7) is 2.22. The van der Waals surface area contributed by atoms with Crippen LogP contribution in [0.25, 0.3) is 0 Å². The van der Waals surface area contributed by atoms with E-state index < -0.39 is 0 Å². The summed E-state index contributed by atoms with van der Waals surface area (Å²) in [7, 11) is 0. The minimum absolute atomic E-state index is 0.0702. The van der Waals surface area contributed by atoms with Crippen LogP contribution in [0.5, 0.6) is 0 Å². The Bertz CT molecular complexity index is 419. The lowest BCUT2D eigenvalue weighted by atomic mass is 9.87. The van der Waals surface area contributed by atoms with E-state index in [0.29, 0.717) is 11.5 Å². The van der Waals surface area contributed by atoms with Crippen molar-refractivity contribution in [2.45, 2.75) is 45.1 Å². The summed E-state index contributed by atoms with van der Waals surface area (Å²) in [4.78, 5) is 11.9. The first-order valence-corrected chi connectivity index (χ1v) is 6.68. The Labute approximate surface area is 108 Å². The molecular weight excluding hydrogens is 229 g/mol. The Kier molecular flexibility index (Phi) is 4.34. The molecule has 2 nitrogen and oxygen atoms in total. The topological polar surface area (TPSA) is 29.1 Å². The molecule has 0 aromatic heterocycles. The molecule has 0 aliphatic heterocycles. The molecular formula is C15H20FNO. The van der Waals surface area contributed by atoms with Gasteiger partial charge in [0.25, 0.3) is 0 Å². The highest BCUT2D eigenvalue weighted by atomic mass is 19.1. The van der Waals surface area contributed by atoms with Gasteiger partial charge in [-0.2, -0.15) is 0 Å². The smallest absolute Gasteiger partial charge is 0.224 e. The summed E-state index contributed by atoms with van der Waals surface area (Å²) in [6.07, 6.45) is 4.65. The molecule has 3 heteroatoms. The average Bonchev–Trinajstić information content (AvgIpc) is 2.32. The van der Waals surface area contributed by atoms with Gasteiger partial charge in [0.2, 0.25) is 5.91 Å². The summed E-state index contributed by atoms with van der Waals surface area (Å²) in [5.41, 5.74) is 0.471. The fourth-order valence-corrected chi connectivity index (χ4v) is 2.66. The number of carbonyl (C=O) groups excluding carboxylic acids is 1. The zero-order chi connectivity index (χ0) is 13.0. The Hall–Kier alpha value is -1.38. The molecule has 1 N–H and O–H groups in total. The van der Waals surface area contributed by atoms with E-state index in [4.69, 9.17) is 0 Å². The fraction of sp³-hybridized carbons (Fsp3) is 0.533. The second-order valence-electron chi connectivity index (χ2n) is 5.30. The van der Waals surface area contributed by atoms with Crippen LogP contribution >= 0.6 is 0 Å². The first-order chi connectivity index (χ1) is 8.65. The molecule has 18 heavy (non-hydrogen) atoms. The molecule has 0 heterocycles. The quantitative estimate of drug-likeness (QED) is 0.876. The molecule has 0 bridgehead atoms. The molecule has 1 aliphatic rings. The highest BCUT2D eigenvalue weighted by molar-refractivity contribution is 5.78. The first kappa shape index (κ1) is 13.1. The number of hydrogen-bond donors (Lipinski definition) is 1. The molecule has 2 atom stereocenters. The van der Waals surface area contributed by atoms with Gasteiger partial charge < -0.3 is 5.32 Å². The van der Waals surface area contributed by atoms with Gasteiger partial charge in [0, 0.05) is 6.04 Å². The van der Waals surface area contributed by atoms with E-state index in [-0.39, 0.29) is 24.2 Å². The van der Waals surface area contributed by atoms with Crippen molar-refractivity contribution < 1.29 is 9.18 Å². The van der Waals surface area contributed by atoms with E-state index in [1.807, 2.05) is 0 Å². The van der Waals surface area contributed by atoms with Crippen molar-refractivity contribution in [2.24, 2.45) is 5.92 Å². The highest BCUT2D eigenvalue weighted by Crippen LogP contribution is 2.23. The van der Waals surface area contributed by atoms with Crippen molar-refractivity contribution in [3.05, 3.63) is 35.6 Å². The maximum absolute atomic E-state index is 13.4. The van der Waals surface area contributed by atoms with Crippen molar-refractivity contribution in [2.75, 3.05) is 0 Å². The lowest BCUT2D eigenvalue weighted by Crippen LogP contribution is -2.38. The summed E-state index contributed by atoms with van der Waals surface area (Å²) < 4.78 is 13.4. The fourth-order valence-electron chi connectivity index (χ4n) is 2.66. The van der Waals surface area contributed by atoms with Gasteiger partial charge in [-0.1, -0.05) is 38.0 Å². The van der Waals surface area contributed by atoms with Crippen molar-refractivity contribution in [1.29, 1.82) is 0 Å². The van der Waals surface area contributed by atoms with Crippen LogP contribution in [0.3, 0.4) is 0 Å². The van der Waals surface area contributed by atoms with Gasteiger partial charge in [0.05, 0.1) is 6.42 Å². The van der Waals surface area contributed by atoms with E-state index in [9.17, 15) is 9.18 Å². The molecule has 1 aromatic carbocycles. The zero-order valence-corrected chi connectivity index (χ0v) is 10.8. The maximum atomic E-state index is 13.4. The Morgan fingerprint density at radius 3 is 2.89 bits per heavy atom. The third kappa shape index (κ3) is 3.56. The van der Waals surface area contributed by atoms with Gasteiger partial charge in [-0.15, -0.1) is 0 Å². The van der Waals surface area contributed by atoms with Crippen molar-refractivity contribution in [1.82, 2.24) is 5.32 Å². The zero-order valence-electron chi connectivity index (χ0n) is 10.8. The normalized spacial score (nSPS) is 23.7. The van der Waals surface area contributed by atoms with Crippen LogP contribution in [0.2, 0.25) is 0 Å². The van der Waals surface area contributed by atoms with Gasteiger partial charge in [-0.25, -0.2) is 4.39 Å². The number of nitrogens with one attached hydrogen (secondary N) is 1. The van der Waals surface area contributed by atoms with Crippen LogP contribution in [0.15, 0.2) is 24.3 Å². The number of hydrogen-bond acceptors (Lipinski definition) is 1. The molecule has 98 valence electrons. The molecule has 1 aromatic rings. The number of amides is 1. The van der Waals surface area contributed by atoms with Crippen LogP contribution in [-0.2, 0) is 11.2 Å². The van der Waals surface area contributed by atoms with Crippen molar-refractivity contribution in [3.8, 4) is 0 Å². The van der Waals surface area contributed by atoms with E-state index in [0.717, 1.165) is 12.8 Å². The average molecular weight is 249 g/mol. The molecule has 0 radical (unpaired) electrons. The van der Waals surface area contributed by atoms with Gasteiger partial charge in [0.1, 0.15) is 5.82 Å². The van der Waals surface area contributed by atoms with Gasteiger partial charge >= 0.3 is 0 Å². The van der Waals surface area contributed by atoms with Crippen LogP contribution in [-0.4, -0.2) is 11.9 Å². The lowest BCUT2D eigenvalue weighted by molar-refractivity contribution is -0.121. The molecule has 1 fully saturated rings. The third-order valence-corrected chi connectivity index (χ3v) is 3.61. The SMILES string of the molecule is CC1CCCC(NC(=O)Cc2ccccc2F)C1. The Balaban J connectivity index is 1.87. The standard InChI is InChI=1S/C15H20FNO/c1-11-5-4-7-13(9-11)17-15(18)10-12-6-2-3-8-14(12)16/h2-3,6,8,11,13H,4-5,7,9-10H2,1H3,(H,17,18). The predicted octanol–water partition coefficient (Wildman–Crippen LogP) is 3.06. The molecule has 0 spiro atoms. The van der Waals surface area contributed by atoms with Crippen LogP contribution in [0.1, 0.15) is 38.2 Å². The van der Waals surface area contributed by atoms with Crippen LogP contribution in [0.4, 0.5) is 4.39 Å². The van der Waals surface area contributed by atoms with E-state index >= 15 is 0 Å². The van der Waals surface area contributed by atoms with Gasteiger partial charge in [-0.05, 0) is 30.4 Å². The summed E-state index contributed by atoms with van der Waals surface area (Å²) in [5, 5.41) is 3.02. The number of benzene rings is 1. The third-order valence-electron chi connectivity index (χ3n) is 3.61. The van der Waals surface area contributed by atoms with Crippen molar-refractivity contribution >= 4 is 5.91 Å². The molecule has 1 aliphatic carbocycles. The molecule has 1 amide bonds. The summed E-state index contributed by atoms with van der Waals surface area (Å²) in [6, 6.07) is 6.73. The van der Waals surface area contributed by atoms with E-state index in [1.54, 1.807) is 18.2 Å². The van der Waals surface area contributed by atoms with E-state index in [2.05, 4.69) is 12.2 Å². The Morgan fingerprint density at radius 1 is 1.39 bits per heavy atom. The summed E-state index contributed by atoms with van der Waals surface area (Å²) >= 11 is 0. The molecule has 2 unspecified atom stereocenters. The predicted molar refractivity (Wildman–Crippen MR) is 69.7 cm³/mol. The lowest BCUT2D eigenvalue weighted by Gasteiger charge is -2.27. The maximum Gasteiger partial charge on any atom is 0.224 e. The second kappa shape index (κ2) is 5.98. The highest BCUT2D eigenvalue weighted by Gasteiger charge is 2.20. The molecule has 0 saturated heterocycles. The number of rotatable bonds is 3. The summed E-state index contributed by atoms with van der Waals surface area (Å²) in [5.74, 6) is 0.307. The minimum Gasteiger partial charge on any atom is -0.353 e. The van der Waals surface area contributed by atoms with Crippen molar-refractivity contribution in [3.63, 3.8) is 0 Å². The van der Waals surface area contributed by atoms with Crippen LogP contribution in [0, 0.1) is 11.7 Å². The Morgan fingerprint density at radius 2 is 2.17 bits per heavy atom. The first-order valence-electron chi connectivity index (χ1n) is 6.68. The number of halogens is 1. The van der Waals surface area contributed by atoms with Gasteiger partial charge in [0.15, 0.2) is 0 Å². The van der Waals surface area contributed by atoms with Gasteiger partial charge in [-0.3, -0.25) is 4.79 Å². The van der Waals surface area contributed by atoms with Crippen LogP contribution < -0.4 is 5.32 Å².